The predicted octanol–water partition coefficient (Wildman–Crippen LogP) is 0.277. The molecular formula is C10H22N2O5S. The maximum atomic E-state index is 10.4. The molecule has 1 amide bonds. The molecule has 0 heterocycles. The lowest BCUT2D eigenvalue weighted by Gasteiger charge is -2.10. The molecule has 108 valence electrons. The van der Waals surface area contributed by atoms with E-state index in [4.69, 9.17) is 4.55 Å². The summed E-state index contributed by atoms with van der Waals surface area (Å²) in [6.07, 6.45) is -0.556. The Morgan fingerprint density at radius 1 is 1.11 bits per heavy atom. The molecule has 8 heteroatoms. The first kappa shape index (κ1) is 19.4. The molecule has 0 rings (SSSR count). The van der Waals surface area contributed by atoms with Crippen LogP contribution in [0.25, 0.3) is 0 Å². The molecule has 0 saturated heterocycles. The van der Waals surface area contributed by atoms with E-state index in [1.807, 2.05) is 0 Å². The van der Waals surface area contributed by atoms with Crippen molar-refractivity contribution in [2.24, 2.45) is 0 Å². The zero-order chi connectivity index (χ0) is 14.9. The highest BCUT2D eigenvalue weighted by molar-refractivity contribution is 7.84. The zero-order valence-corrected chi connectivity index (χ0v) is 12.2. The minimum absolute atomic E-state index is 0.480. The number of carbonyl (C=O) groups is 2. The van der Waals surface area contributed by atoms with Crippen LogP contribution in [0.5, 0.6) is 0 Å². The van der Waals surface area contributed by atoms with Crippen molar-refractivity contribution in [1.29, 1.82) is 0 Å². The summed E-state index contributed by atoms with van der Waals surface area (Å²) in [5.41, 5.74) is 0. The van der Waals surface area contributed by atoms with Crippen molar-refractivity contribution >= 4 is 22.0 Å². The Morgan fingerprint density at radius 3 is 1.67 bits per heavy atom. The van der Waals surface area contributed by atoms with Gasteiger partial charge in [0.1, 0.15) is 5.78 Å². The molecule has 0 atom stereocenters. The van der Waals surface area contributed by atoms with E-state index in [1.165, 1.54) is 4.72 Å². The normalized spacial score (nSPS) is 10.9. The van der Waals surface area contributed by atoms with Crippen molar-refractivity contribution in [3.63, 3.8) is 0 Å². The molecule has 3 N–H and O–H groups in total. The highest BCUT2D eigenvalue weighted by atomic mass is 32.2. The van der Waals surface area contributed by atoms with Gasteiger partial charge in [0.15, 0.2) is 0 Å². The minimum atomic E-state index is -4.52. The summed E-state index contributed by atoms with van der Waals surface area (Å²) in [4.78, 5) is 20.6. The molecule has 0 radical (unpaired) electrons. The van der Waals surface area contributed by atoms with Crippen LogP contribution in [0.3, 0.4) is 0 Å². The van der Waals surface area contributed by atoms with Crippen LogP contribution < -0.4 is 10.0 Å². The average Bonchev–Trinajstić information content (AvgIpc) is 1.94. The van der Waals surface area contributed by atoms with Crippen molar-refractivity contribution in [2.45, 2.75) is 53.1 Å². The molecule has 0 bridgehead atoms. The highest BCUT2D eigenvalue weighted by Gasteiger charge is 2.11. The van der Waals surface area contributed by atoms with E-state index in [0.717, 1.165) is 6.92 Å². The van der Waals surface area contributed by atoms with Gasteiger partial charge in [0, 0.05) is 12.1 Å². The monoisotopic (exact) mass is 282 g/mol. The number of amides is 1. The Kier molecular flexibility index (Phi) is 9.69. The number of hydrogen-bond acceptors (Lipinski definition) is 5. The van der Waals surface area contributed by atoms with Gasteiger partial charge in [0.25, 0.3) is 0 Å². The Balaban J connectivity index is 0. The van der Waals surface area contributed by atoms with Gasteiger partial charge >= 0.3 is 10.3 Å². The maximum Gasteiger partial charge on any atom is 0.359 e. The predicted molar refractivity (Wildman–Crippen MR) is 68.4 cm³/mol. The summed E-state index contributed by atoms with van der Waals surface area (Å²) in [6, 6.07) is 1.25. The molecule has 0 aromatic carbocycles. The van der Waals surface area contributed by atoms with Gasteiger partial charge in [-0.15, -0.1) is 0 Å². The van der Waals surface area contributed by atoms with Crippen LogP contribution in [0.4, 0.5) is 0 Å². The summed E-state index contributed by atoms with van der Waals surface area (Å²) in [5, 5.41) is 3.31. The summed E-state index contributed by atoms with van der Waals surface area (Å²) in [7, 11) is -4.52. The quantitative estimate of drug-likeness (QED) is 0.493. The maximum absolute atomic E-state index is 10.4. The molecule has 0 saturated carbocycles. The number of Topliss-reactive ketones (excluding diaryl/α,β-unsaturated/α-hetero) is 1. The third kappa shape index (κ3) is 20.4. The third-order valence-electron chi connectivity index (χ3n) is 1.32. The number of nitrogens with one attached hydrogen (secondary N) is 2. The van der Waals surface area contributed by atoms with Gasteiger partial charge in [-0.3, -0.25) is 14.1 Å². The van der Waals surface area contributed by atoms with Gasteiger partial charge in [-0.2, -0.15) is 8.42 Å². The number of hydrogen-bond donors (Lipinski definition) is 3. The molecule has 18 heavy (non-hydrogen) atoms. The van der Waals surface area contributed by atoms with Crippen molar-refractivity contribution in [3.8, 4) is 0 Å². The van der Waals surface area contributed by atoms with Gasteiger partial charge in [-0.1, -0.05) is 27.7 Å². The molecule has 7 nitrogen and oxygen atoms in total. The van der Waals surface area contributed by atoms with E-state index in [-0.39, 0.29) is 0 Å². The van der Waals surface area contributed by atoms with Crippen LogP contribution in [0.15, 0.2) is 0 Å². The van der Waals surface area contributed by atoms with Gasteiger partial charge in [-0.25, -0.2) is 4.72 Å². The smallest absolute Gasteiger partial charge is 0.312 e. The first-order valence-electron chi connectivity index (χ1n) is 5.47. The second kappa shape index (κ2) is 9.01. The first-order chi connectivity index (χ1) is 7.94. The van der Waals surface area contributed by atoms with Crippen molar-refractivity contribution < 1.29 is 22.6 Å². The first-order valence-corrected chi connectivity index (χ1v) is 6.91. The van der Waals surface area contributed by atoms with Crippen LogP contribution in [-0.4, -0.2) is 36.7 Å². The van der Waals surface area contributed by atoms with E-state index in [1.54, 1.807) is 0 Å². The molecule has 0 aliphatic heterocycles. The largest absolute Gasteiger partial charge is 0.359 e. The third-order valence-corrected chi connectivity index (χ3v) is 1.80. The lowest BCUT2D eigenvalue weighted by atomic mass is 10.3. The Hall–Kier alpha value is -0.990. The van der Waals surface area contributed by atoms with E-state index in [0.29, 0.717) is 12.1 Å². The second-order valence-corrected chi connectivity index (χ2v) is 5.51. The molecule has 0 fully saturated rings. The van der Waals surface area contributed by atoms with Crippen molar-refractivity contribution in [3.05, 3.63) is 0 Å². The summed E-state index contributed by atoms with van der Waals surface area (Å²) < 4.78 is 29.1. The van der Waals surface area contributed by atoms with Crippen molar-refractivity contribution in [1.82, 2.24) is 10.0 Å². The molecule has 0 aliphatic rings. The average molecular weight is 282 g/mol. The van der Waals surface area contributed by atoms with E-state index in [9.17, 15) is 18.0 Å². The molecule has 0 unspecified atom stereocenters. The van der Waals surface area contributed by atoms with Gasteiger partial charge in [0.2, 0.25) is 5.91 Å². The van der Waals surface area contributed by atoms with Crippen LogP contribution in [0.2, 0.25) is 0 Å². The van der Waals surface area contributed by atoms with Crippen molar-refractivity contribution in [2.75, 3.05) is 0 Å². The lowest BCUT2D eigenvalue weighted by molar-refractivity contribution is -0.126. The number of rotatable bonds is 5. The van der Waals surface area contributed by atoms with Crippen LogP contribution in [-0.2, 0) is 19.9 Å². The Bertz CT molecular complexity index is 356. The zero-order valence-electron chi connectivity index (χ0n) is 11.4. The fraction of sp³-hybridized carbons (Fsp3) is 0.800. The number of carbonyl (C=O) groups excluding carboxylic acids is 2. The Labute approximate surface area is 108 Å². The minimum Gasteiger partial charge on any atom is -0.312 e. The highest BCUT2D eigenvalue weighted by Crippen LogP contribution is 1.83. The van der Waals surface area contributed by atoms with Crippen LogP contribution >= 0.6 is 0 Å². The van der Waals surface area contributed by atoms with Gasteiger partial charge in [-0.05, 0) is 6.92 Å². The summed E-state index contributed by atoms with van der Waals surface area (Å²) >= 11 is 0. The van der Waals surface area contributed by atoms with Gasteiger partial charge in [0.05, 0.1) is 6.42 Å². The van der Waals surface area contributed by atoms with Crippen LogP contribution in [0.1, 0.15) is 41.0 Å². The molecule has 0 aliphatic carbocycles. The second-order valence-electron chi connectivity index (χ2n) is 4.36. The molecule has 0 aromatic heterocycles. The van der Waals surface area contributed by atoms with E-state index < -0.39 is 28.4 Å². The molecular weight excluding hydrogens is 260 g/mol. The fourth-order valence-corrected chi connectivity index (χ4v) is 1.43. The summed E-state index contributed by atoms with van der Waals surface area (Å²) in [5.74, 6) is -1.52. The lowest BCUT2D eigenvalue weighted by Crippen LogP contribution is -2.30. The summed E-state index contributed by atoms with van der Waals surface area (Å²) in [6.45, 7) is 9.74. The van der Waals surface area contributed by atoms with E-state index in [2.05, 4.69) is 33.0 Å². The fourth-order valence-electron chi connectivity index (χ4n) is 1.07. The van der Waals surface area contributed by atoms with Crippen LogP contribution in [0, 0.1) is 0 Å². The number of ketones is 1. The standard InChI is InChI=1S/C6H15N.C4H7NO5S/c1-5(2)7-6(3)4;1-3(6)2-4(7)5-11(8,9)10/h5-7H,1-4H3;2H2,1H3,(H,5,7)(H,8,9,10). The van der Waals surface area contributed by atoms with E-state index >= 15 is 0 Å². The SMILES string of the molecule is CC(=O)CC(=O)NS(=O)(=O)O.CC(C)NC(C)C. The molecule has 0 spiro atoms. The Morgan fingerprint density at radius 2 is 1.50 bits per heavy atom. The topological polar surface area (TPSA) is 113 Å². The van der Waals surface area contributed by atoms with Gasteiger partial charge < -0.3 is 5.32 Å². The molecule has 0 aromatic rings.